The highest BCUT2D eigenvalue weighted by molar-refractivity contribution is 7.80. The topological polar surface area (TPSA) is 66.6 Å². The molecule has 0 fully saturated rings. The first kappa shape index (κ1) is 19.7. The first-order valence-electron chi connectivity index (χ1n) is 7.99. The zero-order valence-corrected chi connectivity index (χ0v) is 16.3. The van der Waals surface area contributed by atoms with Crippen molar-refractivity contribution < 1.29 is 9.47 Å². The van der Waals surface area contributed by atoms with Crippen LogP contribution in [0.4, 0.5) is 5.69 Å². The van der Waals surface area contributed by atoms with Gasteiger partial charge in [0.2, 0.25) is 0 Å². The standard InChI is InChI=1S/C18H22N4O2S2/c1-23-15-9-8-13(12-16(15)24-2)10-11-19-17(25)21-22-18(26)20-14-6-4-3-5-7-14/h3-9,12H,10-11H2,1-2H3,(H2,19,21,25)(H2,20,22,26). The Morgan fingerprint density at radius 2 is 1.58 bits per heavy atom. The third-order valence-electron chi connectivity index (χ3n) is 3.47. The summed E-state index contributed by atoms with van der Waals surface area (Å²) >= 11 is 10.4. The molecule has 26 heavy (non-hydrogen) atoms. The Hall–Kier alpha value is -2.58. The van der Waals surface area contributed by atoms with E-state index >= 15 is 0 Å². The normalized spacial score (nSPS) is 9.77. The van der Waals surface area contributed by atoms with E-state index in [0.29, 0.717) is 28.3 Å². The van der Waals surface area contributed by atoms with Gasteiger partial charge in [-0.25, -0.2) is 0 Å². The van der Waals surface area contributed by atoms with Crippen LogP contribution >= 0.6 is 24.4 Å². The maximum atomic E-state index is 5.30. The third-order valence-corrected chi connectivity index (χ3v) is 3.92. The van der Waals surface area contributed by atoms with Gasteiger partial charge in [0.1, 0.15) is 0 Å². The quantitative estimate of drug-likeness (QED) is 0.443. The second-order valence-corrected chi connectivity index (χ2v) is 6.08. The summed E-state index contributed by atoms with van der Waals surface area (Å²) in [4.78, 5) is 0. The van der Waals surface area contributed by atoms with Crippen LogP contribution in [-0.4, -0.2) is 31.0 Å². The van der Waals surface area contributed by atoms with Crippen molar-refractivity contribution in [3.8, 4) is 11.5 Å². The minimum absolute atomic E-state index is 0.431. The first-order valence-corrected chi connectivity index (χ1v) is 8.81. The van der Waals surface area contributed by atoms with Gasteiger partial charge < -0.3 is 20.1 Å². The van der Waals surface area contributed by atoms with E-state index in [1.807, 2.05) is 48.5 Å². The molecular weight excluding hydrogens is 368 g/mol. The van der Waals surface area contributed by atoms with Crippen molar-refractivity contribution in [3.63, 3.8) is 0 Å². The lowest BCUT2D eigenvalue weighted by Crippen LogP contribution is -2.48. The molecule has 0 atom stereocenters. The summed E-state index contributed by atoms with van der Waals surface area (Å²) in [5, 5.41) is 7.05. The molecule has 2 aromatic rings. The van der Waals surface area contributed by atoms with Gasteiger partial charge in [0.15, 0.2) is 21.7 Å². The predicted molar refractivity (Wildman–Crippen MR) is 113 cm³/mol. The number of methoxy groups -OCH3 is 2. The van der Waals surface area contributed by atoms with E-state index in [9.17, 15) is 0 Å². The van der Waals surface area contributed by atoms with Crippen molar-refractivity contribution in [3.05, 3.63) is 54.1 Å². The number of nitrogens with one attached hydrogen (secondary N) is 4. The summed E-state index contributed by atoms with van der Waals surface area (Å²) in [7, 11) is 3.24. The van der Waals surface area contributed by atoms with Crippen LogP contribution in [0.25, 0.3) is 0 Å². The Labute approximate surface area is 164 Å². The highest BCUT2D eigenvalue weighted by Gasteiger charge is 2.05. The molecule has 0 aromatic heterocycles. The zero-order valence-electron chi connectivity index (χ0n) is 14.7. The molecule has 0 unspecified atom stereocenters. The number of hydrogen-bond donors (Lipinski definition) is 4. The van der Waals surface area contributed by atoms with E-state index in [1.54, 1.807) is 14.2 Å². The number of rotatable bonds is 6. The second-order valence-electron chi connectivity index (χ2n) is 5.27. The van der Waals surface area contributed by atoms with E-state index < -0.39 is 0 Å². The molecular formula is C18H22N4O2S2. The lowest BCUT2D eigenvalue weighted by atomic mass is 10.1. The highest BCUT2D eigenvalue weighted by Crippen LogP contribution is 2.27. The van der Waals surface area contributed by atoms with Crippen LogP contribution in [0.2, 0.25) is 0 Å². The molecule has 0 spiro atoms. The minimum atomic E-state index is 0.431. The van der Waals surface area contributed by atoms with E-state index in [1.165, 1.54) is 0 Å². The van der Waals surface area contributed by atoms with Crippen LogP contribution < -0.4 is 31.0 Å². The van der Waals surface area contributed by atoms with Gasteiger partial charge in [-0.3, -0.25) is 10.9 Å². The monoisotopic (exact) mass is 390 g/mol. The lowest BCUT2D eigenvalue weighted by Gasteiger charge is -2.14. The first-order chi connectivity index (χ1) is 12.6. The van der Waals surface area contributed by atoms with E-state index in [-0.39, 0.29) is 0 Å². The number of ether oxygens (including phenoxy) is 2. The molecule has 0 aliphatic rings. The fourth-order valence-corrected chi connectivity index (χ4v) is 2.52. The van der Waals surface area contributed by atoms with Gasteiger partial charge in [-0.05, 0) is 60.7 Å². The molecule has 0 heterocycles. The van der Waals surface area contributed by atoms with Crippen molar-refractivity contribution in [2.45, 2.75) is 6.42 Å². The van der Waals surface area contributed by atoms with Gasteiger partial charge in [0, 0.05) is 12.2 Å². The van der Waals surface area contributed by atoms with Crippen LogP contribution in [0.15, 0.2) is 48.5 Å². The summed E-state index contributed by atoms with van der Waals surface area (Å²) in [5.41, 5.74) is 7.71. The van der Waals surface area contributed by atoms with Crippen molar-refractivity contribution in [2.75, 3.05) is 26.1 Å². The number of benzene rings is 2. The van der Waals surface area contributed by atoms with Gasteiger partial charge in [-0.1, -0.05) is 24.3 Å². The van der Waals surface area contributed by atoms with Crippen LogP contribution in [0.1, 0.15) is 5.56 Å². The summed E-state index contributed by atoms with van der Waals surface area (Å²) in [5.74, 6) is 1.43. The number of anilines is 1. The van der Waals surface area contributed by atoms with E-state index in [4.69, 9.17) is 33.9 Å². The summed E-state index contributed by atoms with van der Waals surface area (Å²) < 4.78 is 10.5. The molecule has 0 saturated carbocycles. The summed E-state index contributed by atoms with van der Waals surface area (Å²) in [6.45, 7) is 0.669. The maximum absolute atomic E-state index is 5.30. The number of para-hydroxylation sites is 1. The Morgan fingerprint density at radius 3 is 2.27 bits per heavy atom. The molecule has 0 amide bonds. The highest BCUT2D eigenvalue weighted by atomic mass is 32.1. The Balaban J connectivity index is 1.69. The van der Waals surface area contributed by atoms with Crippen LogP contribution in [0.5, 0.6) is 11.5 Å². The lowest BCUT2D eigenvalue weighted by molar-refractivity contribution is 0.354. The fourth-order valence-electron chi connectivity index (χ4n) is 2.20. The van der Waals surface area contributed by atoms with Gasteiger partial charge >= 0.3 is 0 Å². The third kappa shape index (κ3) is 6.38. The second kappa shape index (κ2) is 10.4. The van der Waals surface area contributed by atoms with Crippen LogP contribution in [-0.2, 0) is 6.42 Å². The molecule has 0 saturated heterocycles. The van der Waals surface area contributed by atoms with Gasteiger partial charge in [0.25, 0.3) is 0 Å². The average molecular weight is 391 g/mol. The minimum Gasteiger partial charge on any atom is -0.493 e. The van der Waals surface area contributed by atoms with Crippen LogP contribution in [0.3, 0.4) is 0 Å². The van der Waals surface area contributed by atoms with Gasteiger partial charge in [-0.15, -0.1) is 0 Å². The number of thiocarbonyl (C=S) groups is 2. The van der Waals surface area contributed by atoms with Crippen molar-refractivity contribution in [1.82, 2.24) is 16.2 Å². The molecule has 2 rings (SSSR count). The molecule has 0 aliphatic heterocycles. The summed E-state index contributed by atoms with van der Waals surface area (Å²) in [6.07, 6.45) is 0.787. The fraction of sp³-hybridized carbons (Fsp3) is 0.222. The average Bonchev–Trinajstić information content (AvgIpc) is 2.67. The molecule has 0 aliphatic carbocycles. The van der Waals surface area contributed by atoms with Crippen molar-refractivity contribution in [2.24, 2.45) is 0 Å². The maximum Gasteiger partial charge on any atom is 0.189 e. The molecule has 6 nitrogen and oxygen atoms in total. The molecule has 0 radical (unpaired) electrons. The number of hydrogen-bond acceptors (Lipinski definition) is 4. The van der Waals surface area contributed by atoms with Gasteiger partial charge in [0.05, 0.1) is 14.2 Å². The van der Waals surface area contributed by atoms with E-state index in [0.717, 1.165) is 17.7 Å². The van der Waals surface area contributed by atoms with Crippen molar-refractivity contribution >= 4 is 40.3 Å². The van der Waals surface area contributed by atoms with Crippen LogP contribution in [0, 0.1) is 0 Å². The predicted octanol–water partition coefficient (Wildman–Crippen LogP) is 2.61. The Kier molecular flexibility index (Phi) is 7.91. The largest absolute Gasteiger partial charge is 0.493 e. The Bertz CT molecular complexity index is 741. The van der Waals surface area contributed by atoms with Gasteiger partial charge in [-0.2, -0.15) is 0 Å². The molecule has 138 valence electrons. The van der Waals surface area contributed by atoms with Crippen molar-refractivity contribution in [1.29, 1.82) is 0 Å². The smallest absolute Gasteiger partial charge is 0.189 e. The molecule has 2 aromatic carbocycles. The Morgan fingerprint density at radius 1 is 0.885 bits per heavy atom. The zero-order chi connectivity index (χ0) is 18.8. The number of hydrazine groups is 1. The molecule has 8 heteroatoms. The SMILES string of the molecule is COc1ccc(CCNC(=S)NNC(=S)Nc2ccccc2)cc1OC. The molecule has 0 bridgehead atoms. The van der Waals surface area contributed by atoms with E-state index in [2.05, 4.69) is 21.5 Å². The summed E-state index contributed by atoms with van der Waals surface area (Å²) in [6, 6.07) is 15.5. The molecule has 4 N–H and O–H groups in total.